The van der Waals surface area contributed by atoms with Gasteiger partial charge in [-0.25, -0.2) is 15.0 Å². The molecule has 0 saturated carbocycles. The van der Waals surface area contributed by atoms with Gasteiger partial charge in [0.25, 0.3) is 5.88 Å². The quantitative estimate of drug-likeness (QED) is 0.802. The lowest BCUT2D eigenvalue weighted by Gasteiger charge is -2.31. The molecule has 1 saturated heterocycles. The molecule has 0 atom stereocenters. The first kappa shape index (κ1) is 17.5. The summed E-state index contributed by atoms with van der Waals surface area (Å²) in [6.45, 7) is 6.19. The molecule has 0 radical (unpaired) electrons. The SMILES string of the molecule is CCc1cnc(N2CCC(COc3ncnc(CC)c3F)CC2)nc1. The van der Waals surface area contributed by atoms with Gasteiger partial charge in [0.1, 0.15) is 6.33 Å². The number of piperidine rings is 1. The van der Waals surface area contributed by atoms with Crippen LogP contribution in [0, 0.1) is 11.7 Å². The molecule has 0 unspecified atom stereocenters. The minimum atomic E-state index is -0.438. The third-order valence-electron chi connectivity index (χ3n) is 4.62. The maximum atomic E-state index is 14.1. The van der Waals surface area contributed by atoms with E-state index in [0.29, 0.717) is 24.6 Å². The molecule has 3 rings (SSSR count). The number of aromatic nitrogens is 4. The van der Waals surface area contributed by atoms with Gasteiger partial charge in [-0.05, 0) is 37.2 Å². The Morgan fingerprint density at radius 3 is 2.44 bits per heavy atom. The van der Waals surface area contributed by atoms with Crippen LogP contribution in [0.5, 0.6) is 5.88 Å². The summed E-state index contributed by atoms with van der Waals surface area (Å²) >= 11 is 0. The molecule has 1 aliphatic rings. The molecular formula is C18H24FN5O. The minimum Gasteiger partial charge on any atom is -0.475 e. The second-order valence-electron chi connectivity index (χ2n) is 6.28. The predicted octanol–water partition coefficient (Wildman–Crippen LogP) is 2.83. The Morgan fingerprint density at radius 2 is 1.80 bits per heavy atom. The first-order chi connectivity index (χ1) is 12.2. The van der Waals surface area contributed by atoms with Crippen LogP contribution < -0.4 is 9.64 Å². The Kier molecular flexibility index (Phi) is 5.73. The zero-order valence-corrected chi connectivity index (χ0v) is 14.8. The maximum absolute atomic E-state index is 14.1. The van der Waals surface area contributed by atoms with Crippen molar-refractivity contribution >= 4 is 5.95 Å². The molecule has 0 bridgehead atoms. The van der Waals surface area contributed by atoms with E-state index in [-0.39, 0.29) is 5.88 Å². The summed E-state index contributed by atoms with van der Waals surface area (Å²) in [5.41, 5.74) is 1.54. The van der Waals surface area contributed by atoms with Gasteiger partial charge in [0.2, 0.25) is 11.8 Å². The minimum absolute atomic E-state index is 0.0627. The number of anilines is 1. The Labute approximate surface area is 147 Å². The van der Waals surface area contributed by atoms with Crippen molar-refractivity contribution in [3.8, 4) is 5.88 Å². The van der Waals surface area contributed by atoms with Crippen molar-refractivity contribution in [1.82, 2.24) is 19.9 Å². The van der Waals surface area contributed by atoms with Gasteiger partial charge in [-0.1, -0.05) is 13.8 Å². The normalized spacial score (nSPS) is 15.4. The Balaban J connectivity index is 1.51. The third kappa shape index (κ3) is 4.21. The number of nitrogens with zero attached hydrogens (tertiary/aromatic N) is 5. The highest BCUT2D eigenvalue weighted by Gasteiger charge is 2.22. The number of hydrogen-bond donors (Lipinski definition) is 0. The predicted molar refractivity (Wildman–Crippen MR) is 93.2 cm³/mol. The summed E-state index contributed by atoms with van der Waals surface area (Å²) in [6.07, 6.45) is 8.54. The summed E-state index contributed by atoms with van der Waals surface area (Å²) < 4.78 is 19.7. The highest BCUT2D eigenvalue weighted by atomic mass is 19.1. The summed E-state index contributed by atoms with van der Waals surface area (Å²) in [5.74, 6) is 0.788. The number of halogens is 1. The molecule has 0 N–H and O–H groups in total. The summed E-state index contributed by atoms with van der Waals surface area (Å²) in [7, 11) is 0. The van der Waals surface area contributed by atoms with Gasteiger partial charge >= 0.3 is 0 Å². The van der Waals surface area contributed by atoms with E-state index >= 15 is 0 Å². The second kappa shape index (κ2) is 8.18. The van der Waals surface area contributed by atoms with E-state index in [2.05, 4.69) is 31.8 Å². The van der Waals surface area contributed by atoms with Crippen LogP contribution in [0.2, 0.25) is 0 Å². The van der Waals surface area contributed by atoms with Crippen LogP contribution in [0.15, 0.2) is 18.7 Å². The van der Waals surface area contributed by atoms with Gasteiger partial charge in [0, 0.05) is 25.5 Å². The van der Waals surface area contributed by atoms with Gasteiger partial charge in [0.05, 0.1) is 12.3 Å². The fourth-order valence-electron chi connectivity index (χ4n) is 2.93. The lowest BCUT2D eigenvalue weighted by molar-refractivity contribution is 0.206. The van der Waals surface area contributed by atoms with Crippen LogP contribution in [-0.2, 0) is 12.8 Å². The molecule has 3 heterocycles. The Morgan fingerprint density at radius 1 is 1.08 bits per heavy atom. The number of ether oxygens (including phenoxy) is 1. The molecule has 0 amide bonds. The lowest BCUT2D eigenvalue weighted by atomic mass is 9.98. The molecule has 1 fully saturated rings. The second-order valence-corrected chi connectivity index (χ2v) is 6.28. The largest absolute Gasteiger partial charge is 0.475 e. The molecular weight excluding hydrogens is 321 g/mol. The van der Waals surface area contributed by atoms with E-state index in [1.807, 2.05) is 19.3 Å². The molecule has 7 heteroatoms. The molecule has 0 spiro atoms. The van der Waals surface area contributed by atoms with E-state index in [9.17, 15) is 4.39 Å². The fraction of sp³-hybridized carbons (Fsp3) is 0.556. The average molecular weight is 345 g/mol. The fourth-order valence-corrected chi connectivity index (χ4v) is 2.93. The van der Waals surface area contributed by atoms with Crippen molar-refractivity contribution in [2.45, 2.75) is 39.5 Å². The highest BCUT2D eigenvalue weighted by molar-refractivity contribution is 5.30. The standard InChI is InChI=1S/C18H24FN5O/c1-3-13-9-20-18(21-10-13)24-7-5-14(6-8-24)11-25-17-16(19)15(4-2)22-12-23-17/h9-10,12,14H,3-8,11H2,1-2H3. The molecule has 0 aromatic carbocycles. The average Bonchev–Trinajstić information content (AvgIpc) is 2.68. The monoisotopic (exact) mass is 345 g/mol. The van der Waals surface area contributed by atoms with Crippen molar-refractivity contribution in [2.75, 3.05) is 24.6 Å². The van der Waals surface area contributed by atoms with E-state index < -0.39 is 5.82 Å². The number of aryl methyl sites for hydroxylation is 2. The van der Waals surface area contributed by atoms with E-state index in [0.717, 1.165) is 43.9 Å². The van der Waals surface area contributed by atoms with Gasteiger partial charge in [0.15, 0.2) is 0 Å². The van der Waals surface area contributed by atoms with E-state index in [1.54, 1.807) is 0 Å². The number of hydrogen-bond acceptors (Lipinski definition) is 6. The van der Waals surface area contributed by atoms with E-state index in [1.165, 1.54) is 6.33 Å². The maximum Gasteiger partial charge on any atom is 0.253 e. The Hall–Kier alpha value is -2.31. The van der Waals surface area contributed by atoms with Crippen LogP contribution in [0.4, 0.5) is 10.3 Å². The zero-order valence-electron chi connectivity index (χ0n) is 14.8. The Bertz CT molecular complexity index is 686. The first-order valence-corrected chi connectivity index (χ1v) is 8.89. The molecule has 0 aliphatic carbocycles. The van der Waals surface area contributed by atoms with Gasteiger partial charge < -0.3 is 9.64 Å². The van der Waals surface area contributed by atoms with Gasteiger partial charge in [-0.15, -0.1) is 0 Å². The van der Waals surface area contributed by atoms with Crippen LogP contribution in [-0.4, -0.2) is 39.6 Å². The summed E-state index contributed by atoms with van der Waals surface area (Å²) in [6, 6.07) is 0. The third-order valence-corrected chi connectivity index (χ3v) is 4.62. The highest BCUT2D eigenvalue weighted by Crippen LogP contribution is 2.23. The van der Waals surface area contributed by atoms with Crippen molar-refractivity contribution in [2.24, 2.45) is 5.92 Å². The van der Waals surface area contributed by atoms with Crippen molar-refractivity contribution in [3.63, 3.8) is 0 Å². The van der Waals surface area contributed by atoms with Crippen LogP contribution in [0.1, 0.15) is 37.9 Å². The van der Waals surface area contributed by atoms with Gasteiger partial charge in [-0.3, -0.25) is 0 Å². The van der Waals surface area contributed by atoms with Crippen LogP contribution >= 0.6 is 0 Å². The topological polar surface area (TPSA) is 64.0 Å². The van der Waals surface area contributed by atoms with Gasteiger partial charge in [-0.2, -0.15) is 9.37 Å². The van der Waals surface area contributed by atoms with Crippen LogP contribution in [0.25, 0.3) is 0 Å². The smallest absolute Gasteiger partial charge is 0.253 e. The first-order valence-electron chi connectivity index (χ1n) is 8.89. The molecule has 1 aliphatic heterocycles. The zero-order chi connectivity index (χ0) is 17.6. The number of rotatable bonds is 6. The molecule has 2 aromatic heterocycles. The molecule has 2 aromatic rings. The summed E-state index contributed by atoms with van der Waals surface area (Å²) in [4.78, 5) is 18.9. The molecule has 6 nitrogen and oxygen atoms in total. The summed E-state index contributed by atoms with van der Waals surface area (Å²) in [5, 5.41) is 0. The van der Waals surface area contributed by atoms with Crippen molar-refractivity contribution in [1.29, 1.82) is 0 Å². The van der Waals surface area contributed by atoms with Crippen molar-refractivity contribution in [3.05, 3.63) is 35.8 Å². The lowest BCUT2D eigenvalue weighted by Crippen LogP contribution is -2.36. The van der Waals surface area contributed by atoms with E-state index in [4.69, 9.17) is 4.74 Å². The molecule has 134 valence electrons. The van der Waals surface area contributed by atoms with Crippen LogP contribution in [0.3, 0.4) is 0 Å². The van der Waals surface area contributed by atoms with Crippen molar-refractivity contribution < 1.29 is 9.13 Å². The molecule has 25 heavy (non-hydrogen) atoms.